The third kappa shape index (κ3) is 3.56. The lowest BCUT2D eigenvalue weighted by Crippen LogP contribution is -2.39. The lowest BCUT2D eigenvalue weighted by atomic mass is 9.84. The van der Waals surface area contributed by atoms with Gasteiger partial charge >= 0.3 is 0 Å². The highest BCUT2D eigenvalue weighted by molar-refractivity contribution is 5.96. The third-order valence-corrected chi connectivity index (χ3v) is 5.02. The number of anilines is 1. The van der Waals surface area contributed by atoms with Gasteiger partial charge < -0.3 is 20.2 Å². The molecule has 3 N–H and O–H groups in total. The first-order chi connectivity index (χ1) is 12.5. The van der Waals surface area contributed by atoms with Gasteiger partial charge in [0.15, 0.2) is 16.9 Å². The number of nitrogens with one attached hydrogen (secondary N) is 2. The van der Waals surface area contributed by atoms with Gasteiger partial charge in [0.25, 0.3) is 5.91 Å². The van der Waals surface area contributed by atoms with Crippen molar-refractivity contribution in [2.45, 2.75) is 45.1 Å². The average molecular weight is 358 g/mol. The second-order valence-corrected chi connectivity index (χ2v) is 6.73. The highest BCUT2D eigenvalue weighted by Gasteiger charge is 2.23. The van der Waals surface area contributed by atoms with E-state index in [1.165, 1.54) is 31.4 Å². The Morgan fingerprint density at radius 2 is 2.04 bits per heavy atom. The fourth-order valence-electron chi connectivity index (χ4n) is 3.56. The second-order valence-electron chi connectivity index (χ2n) is 6.73. The number of benzene rings is 1. The van der Waals surface area contributed by atoms with E-state index < -0.39 is 11.3 Å². The molecule has 1 saturated carbocycles. The monoisotopic (exact) mass is 358 g/mol. The van der Waals surface area contributed by atoms with Gasteiger partial charge in [-0.1, -0.05) is 19.3 Å². The number of hydrogen-bond donors (Lipinski definition) is 3. The highest BCUT2D eigenvalue weighted by Crippen LogP contribution is 2.31. The Balaban J connectivity index is 1.86. The first-order valence-corrected chi connectivity index (χ1v) is 8.82. The molecule has 1 aromatic carbocycles. The van der Waals surface area contributed by atoms with Crippen LogP contribution in [0.2, 0.25) is 0 Å². The maximum absolute atomic E-state index is 12.5. The van der Waals surface area contributed by atoms with Crippen molar-refractivity contribution in [2.24, 2.45) is 5.92 Å². The number of fused-ring (bicyclic) bond motifs is 1. The van der Waals surface area contributed by atoms with Crippen molar-refractivity contribution in [3.8, 4) is 5.75 Å². The van der Waals surface area contributed by atoms with E-state index in [4.69, 9.17) is 4.42 Å². The molecule has 0 radical (unpaired) electrons. The van der Waals surface area contributed by atoms with Crippen LogP contribution in [0.25, 0.3) is 11.0 Å². The first-order valence-electron chi connectivity index (χ1n) is 8.82. The molecule has 7 heteroatoms. The molecule has 138 valence electrons. The number of hydrogen-bond acceptors (Lipinski definition) is 5. The minimum Gasteiger partial charge on any atom is -0.505 e. The van der Waals surface area contributed by atoms with E-state index in [0.717, 1.165) is 18.9 Å². The first kappa shape index (κ1) is 18.0. The van der Waals surface area contributed by atoms with Gasteiger partial charge in [-0.05, 0) is 37.8 Å². The summed E-state index contributed by atoms with van der Waals surface area (Å²) >= 11 is 0. The van der Waals surface area contributed by atoms with Gasteiger partial charge in [0.1, 0.15) is 11.0 Å². The number of aromatic hydroxyl groups is 1. The summed E-state index contributed by atoms with van der Waals surface area (Å²) in [6, 6.07) is 3.90. The zero-order valence-corrected chi connectivity index (χ0v) is 14.6. The molecular formula is C19H22N2O5. The van der Waals surface area contributed by atoms with E-state index >= 15 is 0 Å². The third-order valence-electron chi connectivity index (χ3n) is 5.02. The van der Waals surface area contributed by atoms with E-state index in [-0.39, 0.29) is 34.2 Å². The summed E-state index contributed by atoms with van der Waals surface area (Å²) in [7, 11) is 0. The quantitative estimate of drug-likeness (QED) is 0.562. The van der Waals surface area contributed by atoms with Gasteiger partial charge in [-0.3, -0.25) is 14.4 Å². The van der Waals surface area contributed by atoms with Crippen LogP contribution < -0.4 is 16.1 Å². The van der Waals surface area contributed by atoms with Crippen molar-refractivity contribution in [1.82, 2.24) is 5.32 Å². The molecule has 1 atom stereocenters. The summed E-state index contributed by atoms with van der Waals surface area (Å²) in [4.78, 5) is 35.4. The zero-order chi connectivity index (χ0) is 18.7. The summed E-state index contributed by atoms with van der Waals surface area (Å²) < 4.78 is 5.52. The van der Waals surface area contributed by atoms with Crippen molar-refractivity contribution in [3.05, 3.63) is 34.2 Å². The van der Waals surface area contributed by atoms with Crippen LogP contribution in [0.3, 0.4) is 0 Å². The maximum Gasteiger partial charge on any atom is 0.287 e. The Hall–Kier alpha value is -2.83. The molecule has 1 heterocycles. The molecule has 1 aliphatic rings. The molecular weight excluding hydrogens is 336 g/mol. The summed E-state index contributed by atoms with van der Waals surface area (Å²) in [5.74, 6) is -0.496. The van der Waals surface area contributed by atoms with Crippen molar-refractivity contribution >= 4 is 29.0 Å². The smallest absolute Gasteiger partial charge is 0.287 e. The highest BCUT2D eigenvalue weighted by atomic mass is 16.3. The summed E-state index contributed by atoms with van der Waals surface area (Å²) in [5.41, 5.74) is -0.362. The Kier molecular flexibility index (Phi) is 5.25. The molecule has 1 aliphatic carbocycles. The minimum absolute atomic E-state index is 0.00336. The van der Waals surface area contributed by atoms with E-state index in [1.807, 2.05) is 6.92 Å². The van der Waals surface area contributed by atoms with Crippen LogP contribution in [0.4, 0.5) is 5.69 Å². The summed E-state index contributed by atoms with van der Waals surface area (Å²) in [5, 5.41) is 15.3. The largest absolute Gasteiger partial charge is 0.505 e. The molecule has 3 rings (SSSR count). The molecule has 0 saturated heterocycles. The van der Waals surface area contributed by atoms with E-state index in [9.17, 15) is 19.5 Å². The minimum atomic E-state index is -0.547. The molecule has 1 aromatic heterocycles. The van der Waals surface area contributed by atoms with Crippen LogP contribution in [0.15, 0.2) is 27.4 Å². The van der Waals surface area contributed by atoms with Gasteiger partial charge in [0.05, 0.1) is 5.69 Å². The SMILES string of the molecule is C[C@H](NC(=O)c1cc(=O)c2c(O)c(NC=O)ccc2o1)C1CCCCC1. The predicted molar refractivity (Wildman–Crippen MR) is 97.3 cm³/mol. The van der Waals surface area contributed by atoms with Crippen LogP contribution in [0.1, 0.15) is 49.6 Å². The van der Waals surface area contributed by atoms with E-state index in [2.05, 4.69) is 10.6 Å². The van der Waals surface area contributed by atoms with Gasteiger partial charge in [-0.2, -0.15) is 0 Å². The topological polar surface area (TPSA) is 109 Å². The predicted octanol–water partition coefficient (Wildman–Crippen LogP) is 2.77. The molecule has 0 spiro atoms. The van der Waals surface area contributed by atoms with E-state index in [0.29, 0.717) is 12.3 Å². The number of phenols is 1. The molecule has 0 aliphatic heterocycles. The molecule has 0 bridgehead atoms. The number of rotatable bonds is 5. The standard InChI is InChI=1S/C19H22N2O5/c1-11(12-5-3-2-4-6-12)21-19(25)16-9-14(23)17-15(26-16)8-7-13(18(17)24)20-10-22/h7-12,24H,2-6H2,1H3,(H,20,22)(H,21,25)/t11-/m0/s1. The average Bonchev–Trinajstić information content (AvgIpc) is 2.64. The molecule has 2 aromatic rings. The summed E-state index contributed by atoms with van der Waals surface area (Å²) in [6.45, 7) is 1.97. The van der Waals surface area contributed by atoms with Gasteiger partial charge in [0, 0.05) is 12.1 Å². The van der Waals surface area contributed by atoms with E-state index in [1.54, 1.807) is 0 Å². The van der Waals surface area contributed by atoms with Crippen molar-refractivity contribution in [1.29, 1.82) is 0 Å². The number of carbonyl (C=O) groups excluding carboxylic acids is 2. The fourth-order valence-corrected chi connectivity index (χ4v) is 3.56. The lowest BCUT2D eigenvalue weighted by molar-refractivity contribution is -0.105. The molecule has 1 fully saturated rings. The number of phenolic OH excluding ortho intramolecular Hbond substituents is 1. The molecule has 26 heavy (non-hydrogen) atoms. The normalized spacial score (nSPS) is 16.2. The van der Waals surface area contributed by atoms with Crippen LogP contribution in [-0.4, -0.2) is 23.5 Å². The zero-order valence-electron chi connectivity index (χ0n) is 14.6. The molecule has 2 amide bonds. The fraction of sp³-hybridized carbons (Fsp3) is 0.421. The molecule has 0 unspecified atom stereocenters. The Morgan fingerprint density at radius 3 is 2.73 bits per heavy atom. The van der Waals surface area contributed by atoms with Crippen molar-refractivity contribution in [2.75, 3.05) is 5.32 Å². The number of carbonyl (C=O) groups is 2. The maximum atomic E-state index is 12.5. The van der Waals surface area contributed by atoms with Gasteiger partial charge in [-0.25, -0.2) is 0 Å². The van der Waals surface area contributed by atoms with Crippen LogP contribution in [0.5, 0.6) is 5.75 Å². The van der Waals surface area contributed by atoms with Crippen molar-refractivity contribution in [3.63, 3.8) is 0 Å². The Bertz CT molecular complexity index is 883. The van der Waals surface area contributed by atoms with Gasteiger partial charge in [-0.15, -0.1) is 0 Å². The Morgan fingerprint density at radius 1 is 1.31 bits per heavy atom. The van der Waals surface area contributed by atoms with Crippen LogP contribution in [-0.2, 0) is 4.79 Å². The van der Waals surface area contributed by atoms with Crippen molar-refractivity contribution < 1.29 is 19.1 Å². The lowest BCUT2D eigenvalue weighted by Gasteiger charge is -2.28. The molecule has 7 nitrogen and oxygen atoms in total. The van der Waals surface area contributed by atoms with Crippen LogP contribution in [0, 0.1) is 5.92 Å². The summed E-state index contributed by atoms with van der Waals surface area (Å²) in [6.07, 6.45) is 6.16. The van der Waals surface area contributed by atoms with Crippen LogP contribution >= 0.6 is 0 Å². The van der Waals surface area contributed by atoms with Gasteiger partial charge in [0.2, 0.25) is 6.41 Å². The number of amides is 2. The second kappa shape index (κ2) is 7.59. The Labute approximate surface area is 150 Å².